The zero-order chi connectivity index (χ0) is 30.4. The van der Waals surface area contributed by atoms with Crippen molar-refractivity contribution in [2.45, 2.75) is 33.6 Å². The van der Waals surface area contributed by atoms with Crippen LogP contribution >= 0.6 is 0 Å². The van der Waals surface area contributed by atoms with Gasteiger partial charge in [0.2, 0.25) is 6.71 Å². The number of nitrogens with zero attached hydrogens (tertiary/aromatic N) is 3. The first-order valence-electron chi connectivity index (χ1n) is 15.4. The first-order valence-corrected chi connectivity index (χ1v) is 15.4. The predicted octanol–water partition coefficient (Wildman–Crippen LogP) is 7.31. The molecule has 7 aromatic rings. The van der Waals surface area contributed by atoms with Gasteiger partial charge in [0.05, 0.1) is 0 Å². The van der Waals surface area contributed by atoms with Gasteiger partial charge in [0, 0.05) is 34.9 Å². The van der Waals surface area contributed by atoms with E-state index in [-0.39, 0.29) is 27.8 Å². The summed E-state index contributed by atoms with van der Waals surface area (Å²) >= 11 is 0. The van der Waals surface area contributed by atoms with E-state index in [1.807, 2.05) is 30.6 Å². The van der Waals surface area contributed by atoms with Crippen LogP contribution in [-0.2, 0) is 21.1 Å². The van der Waals surface area contributed by atoms with Crippen molar-refractivity contribution in [3.63, 3.8) is 0 Å². The fourth-order valence-corrected chi connectivity index (χ4v) is 6.98. The summed E-state index contributed by atoms with van der Waals surface area (Å²) in [6.45, 7) is 8.39. The van der Waals surface area contributed by atoms with Crippen LogP contribution in [0.3, 0.4) is 0 Å². The molecule has 7 heteroatoms. The van der Waals surface area contributed by atoms with Crippen LogP contribution in [0, 0.1) is 26.0 Å². The number of rotatable bonds is 3. The molecule has 224 valence electrons. The van der Waals surface area contributed by atoms with Crippen LogP contribution in [0.2, 0.25) is 0 Å². The van der Waals surface area contributed by atoms with E-state index in [0.29, 0.717) is 5.92 Å². The molecule has 0 unspecified atom stereocenters. The largest absolute Gasteiger partial charge is 2.00 e. The van der Waals surface area contributed by atoms with Crippen molar-refractivity contribution in [1.82, 2.24) is 14.5 Å². The van der Waals surface area contributed by atoms with Crippen LogP contribution in [0.15, 0.2) is 91.3 Å². The Labute approximate surface area is 282 Å². The maximum Gasteiger partial charge on any atom is 2.00 e. The van der Waals surface area contributed by atoms with E-state index in [0.717, 1.165) is 89.4 Å². The number of para-hydroxylation sites is 1. The van der Waals surface area contributed by atoms with Crippen molar-refractivity contribution in [2.24, 2.45) is 0 Å². The molecule has 0 aliphatic carbocycles. The number of pyridine rings is 2. The van der Waals surface area contributed by atoms with E-state index in [1.54, 1.807) is 0 Å². The van der Waals surface area contributed by atoms with E-state index in [4.69, 9.17) is 19.4 Å². The van der Waals surface area contributed by atoms with Crippen molar-refractivity contribution < 1.29 is 30.5 Å². The minimum Gasteiger partial charge on any atom is -0.517 e. The summed E-state index contributed by atoms with van der Waals surface area (Å²) in [5, 5.41) is 2.20. The van der Waals surface area contributed by atoms with Crippen LogP contribution in [0.4, 0.5) is 0 Å². The van der Waals surface area contributed by atoms with E-state index >= 15 is 0 Å². The second kappa shape index (κ2) is 10.7. The Kier molecular flexibility index (Phi) is 6.70. The van der Waals surface area contributed by atoms with Crippen LogP contribution in [-0.4, -0.2) is 21.2 Å². The summed E-state index contributed by atoms with van der Waals surface area (Å²) in [5.41, 5.74) is 10.2. The standard InChI is InChI=1S/C39H28BN3O2.Pt/c1-22(2)26-12-14-31(42-21-26)25-13-15-34-29(18-25)40-30-20-33-28(19-35(30)45-39-24(4)17-23(3)38(44-34)37(39)40)27-9-5-6-10-32(27)43(33)36-11-7-8-16-41-36;/h5-17,19,21-22H,1-4H3;/q-2;+2. The van der Waals surface area contributed by atoms with Crippen LogP contribution in [0.25, 0.3) is 38.9 Å². The Bertz CT molecular complexity index is 2330. The molecule has 5 nitrogen and oxygen atoms in total. The summed E-state index contributed by atoms with van der Waals surface area (Å²) in [5.74, 6) is 4.55. The molecule has 2 aliphatic heterocycles. The second-order valence-corrected chi connectivity index (χ2v) is 12.4. The minimum absolute atomic E-state index is 0. The van der Waals surface area contributed by atoms with Crippen molar-refractivity contribution in [2.75, 3.05) is 0 Å². The zero-order valence-corrected chi connectivity index (χ0v) is 28.1. The molecule has 0 spiro atoms. The summed E-state index contributed by atoms with van der Waals surface area (Å²) < 4.78 is 15.6. The van der Waals surface area contributed by atoms with Gasteiger partial charge in [-0.2, -0.15) is 6.07 Å². The summed E-state index contributed by atoms with van der Waals surface area (Å²) in [7, 11) is 0. The molecule has 0 radical (unpaired) electrons. The van der Waals surface area contributed by atoms with Crippen LogP contribution in [0.1, 0.15) is 36.5 Å². The average molecular weight is 777 g/mol. The molecule has 0 atom stereocenters. The third-order valence-corrected chi connectivity index (χ3v) is 9.18. The predicted molar refractivity (Wildman–Crippen MR) is 181 cm³/mol. The first kappa shape index (κ1) is 28.8. The van der Waals surface area contributed by atoms with E-state index in [9.17, 15) is 0 Å². The Balaban J connectivity index is 0.00000312. The molecular weight excluding hydrogens is 748 g/mol. The SMILES string of the molecule is Cc1cc(C)c2c3c1Oc1ccc(-c4ccc(C(C)C)cn4)[c-]c1B3c1[c-]c3c(cc1O2)c1ccccc1n3-c1ccccn1.[Pt+2]. The molecule has 0 N–H and O–H groups in total. The van der Waals surface area contributed by atoms with E-state index in [2.05, 4.69) is 105 Å². The fraction of sp³-hybridized carbons (Fsp3) is 0.128. The van der Waals surface area contributed by atoms with Crippen LogP contribution in [0.5, 0.6) is 23.0 Å². The van der Waals surface area contributed by atoms with Crippen molar-refractivity contribution in [1.29, 1.82) is 0 Å². The molecule has 3 aromatic heterocycles. The third kappa shape index (κ3) is 4.20. The quantitative estimate of drug-likeness (QED) is 0.140. The molecule has 0 fully saturated rings. The van der Waals surface area contributed by atoms with Crippen molar-refractivity contribution in [3.8, 4) is 40.1 Å². The number of aromatic nitrogens is 3. The van der Waals surface area contributed by atoms with Gasteiger partial charge in [0.25, 0.3) is 0 Å². The van der Waals surface area contributed by atoms with Gasteiger partial charge >= 0.3 is 21.1 Å². The van der Waals surface area contributed by atoms with Gasteiger partial charge in [-0.15, -0.1) is 40.8 Å². The zero-order valence-electron chi connectivity index (χ0n) is 25.8. The van der Waals surface area contributed by atoms with Gasteiger partial charge in [-0.3, -0.25) is 0 Å². The fourth-order valence-electron chi connectivity index (χ4n) is 6.98. The average Bonchev–Trinajstić information content (AvgIpc) is 3.39. The molecule has 46 heavy (non-hydrogen) atoms. The van der Waals surface area contributed by atoms with Gasteiger partial charge in [0.15, 0.2) is 0 Å². The van der Waals surface area contributed by atoms with E-state index < -0.39 is 0 Å². The number of ether oxygens (including phenoxy) is 2. The number of benzene rings is 4. The Hall–Kier alpha value is -4.67. The number of aryl methyl sites for hydroxylation is 2. The van der Waals surface area contributed by atoms with Crippen molar-refractivity contribution in [3.05, 3.63) is 120 Å². The van der Waals surface area contributed by atoms with Gasteiger partial charge < -0.3 is 19.0 Å². The smallest absolute Gasteiger partial charge is 0.517 e. The van der Waals surface area contributed by atoms with Gasteiger partial charge in [0.1, 0.15) is 17.3 Å². The molecule has 0 saturated heterocycles. The third-order valence-electron chi connectivity index (χ3n) is 9.18. The Morgan fingerprint density at radius 1 is 0.761 bits per heavy atom. The number of fused-ring (bicyclic) bond motifs is 7. The molecule has 0 amide bonds. The topological polar surface area (TPSA) is 49.2 Å². The maximum atomic E-state index is 6.79. The first-order chi connectivity index (χ1) is 22.0. The van der Waals surface area contributed by atoms with Gasteiger partial charge in [-0.05, 0) is 71.8 Å². The maximum absolute atomic E-state index is 6.79. The number of hydrogen-bond donors (Lipinski definition) is 0. The van der Waals surface area contributed by atoms with E-state index in [1.165, 1.54) is 5.56 Å². The summed E-state index contributed by atoms with van der Waals surface area (Å²) in [4.78, 5) is 9.55. The second-order valence-electron chi connectivity index (χ2n) is 12.4. The minimum atomic E-state index is -0.185. The number of hydrogen-bond acceptors (Lipinski definition) is 4. The molecule has 2 aliphatic rings. The normalized spacial score (nSPS) is 12.7. The monoisotopic (exact) mass is 776 g/mol. The molecule has 4 aromatic carbocycles. The molecule has 9 rings (SSSR count). The molecule has 0 saturated carbocycles. The Morgan fingerprint density at radius 2 is 1.52 bits per heavy atom. The molecule has 0 bridgehead atoms. The van der Waals surface area contributed by atoms with Gasteiger partial charge in [-0.25, -0.2) is 4.98 Å². The Morgan fingerprint density at radius 3 is 2.26 bits per heavy atom. The summed E-state index contributed by atoms with van der Waals surface area (Å²) in [6, 6.07) is 34.7. The molecule has 5 heterocycles. The van der Waals surface area contributed by atoms with Gasteiger partial charge in [-0.1, -0.05) is 61.1 Å². The molecular formula is C39H28BN3O2Pt. The van der Waals surface area contributed by atoms with Crippen LogP contribution < -0.4 is 25.9 Å². The summed E-state index contributed by atoms with van der Waals surface area (Å²) in [6.07, 6.45) is 3.80. The van der Waals surface area contributed by atoms with Crippen molar-refractivity contribution >= 4 is 44.9 Å².